The molecule has 1 aliphatic carbocycles. The van der Waals surface area contributed by atoms with Crippen molar-refractivity contribution in [1.29, 1.82) is 5.26 Å². The highest BCUT2D eigenvalue weighted by Crippen LogP contribution is 2.58. The van der Waals surface area contributed by atoms with E-state index in [0.29, 0.717) is 12.0 Å². The van der Waals surface area contributed by atoms with Crippen molar-refractivity contribution >= 4 is 6.71 Å². The van der Waals surface area contributed by atoms with Gasteiger partial charge in [-0.15, -0.1) is 0 Å². The van der Waals surface area contributed by atoms with Gasteiger partial charge < -0.3 is 4.57 Å². The SMILES string of the molecule is Cn1cncc1CN1CCB(C#N)C2(CC2)C1. The van der Waals surface area contributed by atoms with E-state index in [0.717, 1.165) is 26.0 Å². The minimum atomic E-state index is 0.297. The zero-order chi connectivity index (χ0) is 11.9. The Kier molecular flexibility index (Phi) is 2.48. The fraction of sp³-hybridized carbons (Fsp3) is 0.667. The Hall–Kier alpha value is -1.28. The Balaban J connectivity index is 1.68. The van der Waals surface area contributed by atoms with Crippen molar-refractivity contribution in [3.63, 3.8) is 0 Å². The van der Waals surface area contributed by atoms with Crippen LogP contribution in [0.15, 0.2) is 12.5 Å². The highest BCUT2D eigenvalue weighted by molar-refractivity contribution is 6.71. The summed E-state index contributed by atoms with van der Waals surface area (Å²) in [5.74, 6) is 2.50. The maximum absolute atomic E-state index is 9.17. The molecule has 3 rings (SSSR count). The molecule has 2 fully saturated rings. The molecule has 88 valence electrons. The molecule has 0 radical (unpaired) electrons. The zero-order valence-corrected chi connectivity index (χ0v) is 10.3. The predicted octanol–water partition coefficient (Wildman–Crippen LogP) is 1.33. The molecule has 1 saturated heterocycles. The zero-order valence-electron chi connectivity index (χ0n) is 10.3. The maximum atomic E-state index is 9.17. The predicted molar refractivity (Wildman–Crippen MR) is 66.6 cm³/mol. The first-order valence-corrected chi connectivity index (χ1v) is 6.31. The lowest BCUT2D eigenvalue weighted by Crippen LogP contribution is -2.42. The first-order chi connectivity index (χ1) is 8.23. The van der Waals surface area contributed by atoms with E-state index < -0.39 is 0 Å². The normalized spacial score (nSPS) is 22.7. The molecule has 17 heavy (non-hydrogen) atoms. The summed E-state index contributed by atoms with van der Waals surface area (Å²) in [6, 6.07) is 0. The van der Waals surface area contributed by atoms with E-state index in [1.165, 1.54) is 18.5 Å². The number of nitrogens with zero attached hydrogens (tertiary/aromatic N) is 4. The lowest BCUT2D eigenvalue weighted by Gasteiger charge is -2.34. The monoisotopic (exact) mass is 228 g/mol. The molecule has 1 aromatic rings. The van der Waals surface area contributed by atoms with Crippen molar-refractivity contribution in [3.05, 3.63) is 18.2 Å². The van der Waals surface area contributed by atoms with E-state index in [9.17, 15) is 5.26 Å². The average Bonchev–Trinajstić information content (AvgIpc) is 2.96. The summed E-state index contributed by atoms with van der Waals surface area (Å²) in [6.45, 7) is 3.41. The number of nitriles is 1. The summed E-state index contributed by atoms with van der Waals surface area (Å²) in [5, 5.41) is 9.51. The highest BCUT2D eigenvalue weighted by Gasteiger charge is 2.54. The van der Waals surface area contributed by atoms with Crippen molar-refractivity contribution in [1.82, 2.24) is 14.5 Å². The standard InChI is InChI=1S/C12H17BN4/c1-16-10-15-6-11(16)7-17-5-4-13(9-14)12(8-17)2-3-12/h6,10H,2-5,7-8H2,1H3. The molecular weight excluding hydrogens is 211 g/mol. The Morgan fingerprint density at radius 2 is 2.41 bits per heavy atom. The van der Waals surface area contributed by atoms with Crippen LogP contribution in [0.4, 0.5) is 0 Å². The number of aromatic nitrogens is 2. The molecule has 5 heteroatoms. The van der Waals surface area contributed by atoms with E-state index in [4.69, 9.17) is 0 Å². The summed E-state index contributed by atoms with van der Waals surface area (Å²) in [4.78, 5) is 6.64. The van der Waals surface area contributed by atoms with Crippen LogP contribution < -0.4 is 0 Å². The molecule has 1 spiro atoms. The van der Waals surface area contributed by atoms with Gasteiger partial charge in [0.1, 0.15) is 0 Å². The van der Waals surface area contributed by atoms with E-state index in [-0.39, 0.29) is 0 Å². The molecule has 2 heterocycles. The Morgan fingerprint density at radius 3 is 3.00 bits per heavy atom. The van der Waals surface area contributed by atoms with Crippen LogP contribution >= 0.6 is 0 Å². The van der Waals surface area contributed by atoms with E-state index in [2.05, 4.69) is 20.4 Å². The van der Waals surface area contributed by atoms with Gasteiger partial charge in [0.15, 0.2) is 0 Å². The van der Waals surface area contributed by atoms with Crippen molar-refractivity contribution in [3.8, 4) is 5.97 Å². The molecule has 0 unspecified atom stereocenters. The van der Waals surface area contributed by atoms with Crippen molar-refractivity contribution < 1.29 is 0 Å². The van der Waals surface area contributed by atoms with Crippen LogP contribution in [0.5, 0.6) is 0 Å². The van der Waals surface area contributed by atoms with Crippen molar-refractivity contribution in [2.45, 2.75) is 31.0 Å². The topological polar surface area (TPSA) is 44.9 Å². The van der Waals surface area contributed by atoms with Crippen LogP contribution in [-0.4, -0.2) is 34.3 Å². The summed E-state index contributed by atoms with van der Waals surface area (Å²) in [6.07, 6.45) is 7.31. The molecule has 1 aliphatic heterocycles. The van der Waals surface area contributed by atoms with Gasteiger partial charge in [-0.3, -0.25) is 4.90 Å². The summed E-state index contributed by atoms with van der Waals surface area (Å²) < 4.78 is 2.08. The van der Waals surface area contributed by atoms with Gasteiger partial charge in [0, 0.05) is 25.8 Å². The van der Waals surface area contributed by atoms with Gasteiger partial charge in [-0.1, -0.05) is 12.8 Å². The van der Waals surface area contributed by atoms with Crippen LogP contribution in [0.1, 0.15) is 18.5 Å². The van der Waals surface area contributed by atoms with Crippen molar-refractivity contribution in [2.75, 3.05) is 13.1 Å². The van der Waals surface area contributed by atoms with Crippen LogP contribution in [0.25, 0.3) is 0 Å². The summed E-state index contributed by atoms with van der Waals surface area (Å²) in [7, 11) is 2.04. The minimum Gasteiger partial charge on any atom is -0.337 e. The molecule has 4 nitrogen and oxygen atoms in total. The molecule has 0 aromatic carbocycles. The van der Waals surface area contributed by atoms with E-state index in [1.54, 1.807) is 0 Å². The second kappa shape index (κ2) is 3.88. The Bertz CT molecular complexity index is 457. The van der Waals surface area contributed by atoms with Crippen LogP contribution in [-0.2, 0) is 13.6 Å². The molecule has 2 aliphatic rings. The fourth-order valence-electron chi connectivity index (χ4n) is 3.02. The minimum absolute atomic E-state index is 0.297. The molecule has 0 N–H and O–H groups in total. The largest absolute Gasteiger partial charge is 0.337 e. The second-order valence-corrected chi connectivity index (χ2v) is 5.54. The molecule has 1 aromatic heterocycles. The molecular formula is C12H17BN4. The third-order valence-corrected chi connectivity index (χ3v) is 4.36. The van der Waals surface area contributed by atoms with E-state index >= 15 is 0 Å². The van der Waals surface area contributed by atoms with Gasteiger partial charge in [0.05, 0.1) is 12.0 Å². The van der Waals surface area contributed by atoms with Gasteiger partial charge in [-0.25, -0.2) is 10.2 Å². The van der Waals surface area contributed by atoms with Gasteiger partial charge in [0.2, 0.25) is 0 Å². The smallest absolute Gasteiger partial charge is 0.276 e. The third-order valence-electron chi connectivity index (χ3n) is 4.36. The molecule has 0 atom stereocenters. The fourth-order valence-corrected chi connectivity index (χ4v) is 3.02. The van der Waals surface area contributed by atoms with E-state index in [1.807, 2.05) is 19.6 Å². The maximum Gasteiger partial charge on any atom is 0.276 e. The first kappa shape index (κ1) is 10.9. The Morgan fingerprint density at radius 1 is 1.59 bits per heavy atom. The van der Waals surface area contributed by atoms with Crippen LogP contribution in [0.2, 0.25) is 11.6 Å². The van der Waals surface area contributed by atoms with Gasteiger partial charge in [-0.05, 0) is 24.7 Å². The molecule has 1 saturated carbocycles. The quantitative estimate of drug-likeness (QED) is 0.717. The van der Waals surface area contributed by atoms with Gasteiger partial charge in [-0.2, -0.15) is 0 Å². The summed E-state index contributed by atoms with van der Waals surface area (Å²) in [5.41, 5.74) is 1.26. The first-order valence-electron chi connectivity index (χ1n) is 6.31. The number of aryl methyl sites for hydroxylation is 1. The summed E-state index contributed by atoms with van der Waals surface area (Å²) >= 11 is 0. The number of hydrogen-bond donors (Lipinski definition) is 0. The molecule has 0 bridgehead atoms. The third kappa shape index (κ3) is 1.87. The number of rotatable bonds is 2. The highest BCUT2D eigenvalue weighted by atomic mass is 15.2. The van der Waals surface area contributed by atoms with Crippen LogP contribution in [0, 0.1) is 11.2 Å². The number of hydrogen-bond acceptors (Lipinski definition) is 3. The number of imidazole rings is 1. The van der Waals surface area contributed by atoms with Gasteiger partial charge >= 0.3 is 0 Å². The Labute approximate surface area is 102 Å². The van der Waals surface area contributed by atoms with Crippen LogP contribution in [0.3, 0.4) is 0 Å². The lowest BCUT2D eigenvalue weighted by atomic mass is 9.36. The molecule has 0 amide bonds. The van der Waals surface area contributed by atoms with Gasteiger partial charge in [0.25, 0.3) is 6.71 Å². The lowest BCUT2D eigenvalue weighted by molar-refractivity contribution is 0.251. The second-order valence-electron chi connectivity index (χ2n) is 5.54. The van der Waals surface area contributed by atoms with Crippen molar-refractivity contribution in [2.24, 2.45) is 7.05 Å². The average molecular weight is 228 g/mol.